The summed E-state index contributed by atoms with van der Waals surface area (Å²) in [7, 11) is 0. The molecule has 4 nitrogen and oxygen atoms in total. The first-order valence-electron chi connectivity index (χ1n) is 4.10. The zero-order valence-electron chi connectivity index (χ0n) is 7.62. The Morgan fingerprint density at radius 1 is 0.875 bits per heavy atom. The molecule has 0 saturated carbocycles. The van der Waals surface area contributed by atoms with Crippen molar-refractivity contribution in [3.8, 4) is 17.4 Å². The smallest absolute Gasteiger partial charge is 0.289 e. The van der Waals surface area contributed by atoms with Gasteiger partial charge in [-0.05, 0) is 12.1 Å². The molecule has 1 heterocycles. The fourth-order valence-corrected chi connectivity index (χ4v) is 1.34. The minimum Gasteiger partial charge on any atom is -0.289 e. The lowest BCUT2D eigenvalue weighted by Gasteiger charge is -2.06. The molecule has 1 aromatic heterocycles. The summed E-state index contributed by atoms with van der Waals surface area (Å²) in [5, 5.41) is 0.124. The summed E-state index contributed by atoms with van der Waals surface area (Å²) in [5.41, 5.74) is 0.170. The van der Waals surface area contributed by atoms with Gasteiger partial charge < -0.3 is 0 Å². The van der Waals surface area contributed by atoms with Crippen LogP contribution in [0.5, 0.6) is 17.4 Å². The van der Waals surface area contributed by atoms with Crippen LogP contribution in [0.25, 0.3) is 10.9 Å². The average Bonchev–Trinajstić information content (AvgIpc) is 2.36. The third-order valence-electron chi connectivity index (χ3n) is 2.00. The number of para-hydroxylation sites is 1. The lowest BCUT2D eigenvalue weighted by atomic mass is 10.2. The Balaban J connectivity index is 2.82. The highest BCUT2D eigenvalue weighted by atomic mass is 19.3. The second kappa shape index (κ2) is 4.13. The van der Waals surface area contributed by atoms with Crippen molar-refractivity contribution >= 4 is 10.9 Å². The SMILES string of the molecule is FOc1nc2ccccc2c(OF)c1OF. The first kappa shape index (κ1) is 10.3. The van der Waals surface area contributed by atoms with E-state index in [-0.39, 0.29) is 10.9 Å². The largest absolute Gasteiger partial charge is 0.314 e. The molecule has 0 aliphatic rings. The number of pyridine rings is 1. The lowest BCUT2D eigenvalue weighted by Crippen LogP contribution is -1.93. The molecule has 0 saturated heterocycles. The van der Waals surface area contributed by atoms with Gasteiger partial charge in [0.25, 0.3) is 5.75 Å². The molecule has 0 bridgehead atoms. The zero-order chi connectivity index (χ0) is 11.5. The molecule has 84 valence electrons. The molecule has 7 heteroatoms. The van der Waals surface area contributed by atoms with Crippen molar-refractivity contribution in [3.63, 3.8) is 0 Å². The fraction of sp³-hybridized carbons (Fsp3) is 0. The van der Waals surface area contributed by atoms with E-state index in [0.29, 0.717) is 0 Å². The molecule has 0 N–H and O–H groups in total. The predicted molar refractivity (Wildman–Crippen MR) is 47.0 cm³/mol. The van der Waals surface area contributed by atoms with Crippen molar-refractivity contribution in [2.24, 2.45) is 0 Å². The van der Waals surface area contributed by atoms with Gasteiger partial charge in [-0.3, -0.25) is 14.8 Å². The normalized spacial score (nSPS) is 10.2. The van der Waals surface area contributed by atoms with Gasteiger partial charge >= 0.3 is 5.88 Å². The maximum absolute atomic E-state index is 12.3. The highest BCUT2D eigenvalue weighted by molar-refractivity contribution is 5.88. The Hall–Kier alpha value is -2.18. The summed E-state index contributed by atoms with van der Waals surface area (Å²) in [6.07, 6.45) is 0. The molecular weight excluding hydrogens is 227 g/mol. The monoisotopic (exact) mass is 231 g/mol. The molecule has 0 aliphatic heterocycles. The Morgan fingerprint density at radius 2 is 1.56 bits per heavy atom. The molecule has 0 fully saturated rings. The van der Waals surface area contributed by atoms with E-state index in [1.807, 2.05) is 0 Å². The molecular formula is C9H4F3NO3. The van der Waals surface area contributed by atoms with Crippen molar-refractivity contribution < 1.29 is 28.4 Å². The van der Waals surface area contributed by atoms with Gasteiger partial charge in [-0.25, -0.2) is 4.98 Å². The van der Waals surface area contributed by atoms with E-state index < -0.39 is 17.4 Å². The number of hydrogen-bond donors (Lipinski definition) is 0. The van der Waals surface area contributed by atoms with Crippen LogP contribution in [0.2, 0.25) is 0 Å². The van der Waals surface area contributed by atoms with Gasteiger partial charge in [0.05, 0.1) is 10.9 Å². The highest BCUT2D eigenvalue weighted by Crippen LogP contribution is 2.41. The Kier molecular flexibility index (Phi) is 2.67. The van der Waals surface area contributed by atoms with Crippen molar-refractivity contribution in [1.29, 1.82) is 0 Å². The third kappa shape index (κ3) is 1.46. The summed E-state index contributed by atoms with van der Waals surface area (Å²) < 4.78 is 36.4. The van der Waals surface area contributed by atoms with Crippen LogP contribution in [0.15, 0.2) is 24.3 Å². The van der Waals surface area contributed by atoms with Crippen molar-refractivity contribution in [1.82, 2.24) is 4.98 Å². The van der Waals surface area contributed by atoms with Crippen molar-refractivity contribution in [3.05, 3.63) is 24.3 Å². The van der Waals surface area contributed by atoms with Crippen LogP contribution in [-0.2, 0) is 0 Å². The summed E-state index contributed by atoms with van der Waals surface area (Å²) >= 11 is 0. The van der Waals surface area contributed by atoms with E-state index in [1.54, 1.807) is 12.1 Å². The van der Waals surface area contributed by atoms with E-state index in [1.165, 1.54) is 12.1 Å². The summed E-state index contributed by atoms with van der Waals surface area (Å²) in [5.74, 6) is -2.39. The van der Waals surface area contributed by atoms with Gasteiger partial charge in [0, 0.05) is 13.6 Å². The van der Waals surface area contributed by atoms with E-state index in [4.69, 9.17) is 0 Å². The van der Waals surface area contributed by atoms with E-state index >= 15 is 0 Å². The standard InChI is InChI=1S/C9H4F3NO3/c10-14-7-5-3-1-2-4-6(5)13-9(16-12)8(7)15-11/h1-4H. The van der Waals surface area contributed by atoms with Gasteiger partial charge in [-0.2, -0.15) is 0 Å². The summed E-state index contributed by atoms with van der Waals surface area (Å²) in [4.78, 5) is 13.5. The lowest BCUT2D eigenvalue weighted by molar-refractivity contribution is -0.0573. The molecule has 0 amide bonds. The maximum Gasteiger partial charge on any atom is 0.314 e. The minimum absolute atomic E-state index is 0.124. The van der Waals surface area contributed by atoms with Crippen LogP contribution < -0.4 is 14.8 Å². The maximum atomic E-state index is 12.3. The number of aromatic nitrogens is 1. The predicted octanol–water partition coefficient (Wildman–Crippen LogP) is 3.02. The number of hydrogen-bond acceptors (Lipinski definition) is 4. The molecule has 0 spiro atoms. The number of fused-ring (bicyclic) bond motifs is 1. The molecule has 2 rings (SSSR count). The van der Waals surface area contributed by atoms with E-state index in [0.717, 1.165) is 0 Å². The number of halogens is 3. The first-order valence-corrected chi connectivity index (χ1v) is 4.10. The zero-order valence-corrected chi connectivity index (χ0v) is 7.62. The number of nitrogens with zero attached hydrogens (tertiary/aromatic N) is 1. The van der Waals surface area contributed by atoms with Crippen LogP contribution >= 0.6 is 0 Å². The van der Waals surface area contributed by atoms with Gasteiger partial charge in [-0.1, -0.05) is 12.1 Å². The van der Waals surface area contributed by atoms with Crippen molar-refractivity contribution in [2.45, 2.75) is 0 Å². The molecule has 16 heavy (non-hydrogen) atoms. The third-order valence-corrected chi connectivity index (χ3v) is 2.00. The molecule has 1 aromatic carbocycles. The summed E-state index contributed by atoms with van der Waals surface area (Å²) in [6, 6.07) is 5.98. The number of benzene rings is 1. The van der Waals surface area contributed by atoms with Crippen molar-refractivity contribution in [2.75, 3.05) is 0 Å². The average molecular weight is 231 g/mol. The van der Waals surface area contributed by atoms with Crippen LogP contribution in [0.1, 0.15) is 0 Å². The molecule has 0 unspecified atom stereocenters. The second-order valence-electron chi connectivity index (χ2n) is 2.82. The fourth-order valence-electron chi connectivity index (χ4n) is 1.34. The Morgan fingerprint density at radius 3 is 2.19 bits per heavy atom. The minimum atomic E-state index is -0.899. The molecule has 2 aromatic rings. The summed E-state index contributed by atoms with van der Waals surface area (Å²) in [6.45, 7) is 0. The Labute approximate surface area is 86.9 Å². The second-order valence-corrected chi connectivity index (χ2v) is 2.82. The van der Waals surface area contributed by atoms with Crippen LogP contribution in [0, 0.1) is 0 Å². The van der Waals surface area contributed by atoms with Crippen LogP contribution in [0.3, 0.4) is 0 Å². The van der Waals surface area contributed by atoms with Gasteiger partial charge in [0.2, 0.25) is 5.75 Å². The Bertz CT molecular complexity index is 521. The number of rotatable bonds is 3. The van der Waals surface area contributed by atoms with Gasteiger partial charge in [-0.15, -0.1) is 0 Å². The van der Waals surface area contributed by atoms with E-state index in [9.17, 15) is 13.6 Å². The first-order chi connectivity index (χ1) is 7.81. The molecule has 0 radical (unpaired) electrons. The van der Waals surface area contributed by atoms with Crippen LogP contribution in [0.4, 0.5) is 13.6 Å². The van der Waals surface area contributed by atoms with Crippen LogP contribution in [-0.4, -0.2) is 4.98 Å². The topological polar surface area (TPSA) is 40.6 Å². The van der Waals surface area contributed by atoms with E-state index in [2.05, 4.69) is 19.8 Å². The quantitative estimate of drug-likeness (QED) is 0.813. The van der Waals surface area contributed by atoms with Gasteiger partial charge in [0.1, 0.15) is 0 Å². The highest BCUT2D eigenvalue weighted by Gasteiger charge is 2.22. The molecule has 0 aliphatic carbocycles. The molecule has 0 atom stereocenters. The van der Waals surface area contributed by atoms with Gasteiger partial charge in [0.15, 0.2) is 0 Å².